The smallest absolute Gasteiger partial charge is 0.131 e. The predicted molar refractivity (Wildman–Crippen MR) is 60.8 cm³/mol. The summed E-state index contributed by atoms with van der Waals surface area (Å²) in [6.07, 6.45) is 4.51. The van der Waals surface area contributed by atoms with Crippen LogP contribution in [0.1, 0.15) is 18.4 Å². The van der Waals surface area contributed by atoms with Crippen molar-refractivity contribution in [3.05, 3.63) is 23.9 Å². The number of pyridine rings is 1. The second kappa shape index (κ2) is 2.95. The number of nitrogens with zero attached hydrogens (tertiary/aromatic N) is 2. The summed E-state index contributed by atoms with van der Waals surface area (Å²) in [6, 6.07) is 4.09. The van der Waals surface area contributed by atoms with Gasteiger partial charge in [-0.25, -0.2) is 4.98 Å². The van der Waals surface area contributed by atoms with Gasteiger partial charge in [-0.2, -0.15) is 0 Å². The molecule has 1 saturated carbocycles. The average molecular weight is 203 g/mol. The maximum atomic E-state index is 6.32. The molecule has 0 aromatic carbocycles. The molecule has 0 bridgehead atoms. The van der Waals surface area contributed by atoms with Gasteiger partial charge in [-0.1, -0.05) is 6.07 Å². The Labute approximate surface area is 90.3 Å². The molecular weight excluding hydrogens is 186 g/mol. The topological polar surface area (TPSA) is 42.2 Å². The van der Waals surface area contributed by atoms with Crippen LogP contribution in [0.2, 0.25) is 0 Å². The van der Waals surface area contributed by atoms with E-state index in [0.29, 0.717) is 0 Å². The van der Waals surface area contributed by atoms with E-state index in [2.05, 4.69) is 22.9 Å². The zero-order valence-electron chi connectivity index (χ0n) is 9.11. The van der Waals surface area contributed by atoms with Crippen molar-refractivity contribution in [2.45, 2.75) is 25.3 Å². The zero-order chi connectivity index (χ0) is 10.5. The van der Waals surface area contributed by atoms with Crippen LogP contribution in [0.25, 0.3) is 0 Å². The Morgan fingerprint density at radius 3 is 2.80 bits per heavy atom. The van der Waals surface area contributed by atoms with Crippen LogP contribution in [0.5, 0.6) is 0 Å². The van der Waals surface area contributed by atoms with Crippen molar-refractivity contribution in [3.63, 3.8) is 0 Å². The van der Waals surface area contributed by atoms with Gasteiger partial charge in [-0.3, -0.25) is 0 Å². The highest BCUT2D eigenvalue weighted by Gasteiger charge is 2.50. The first-order valence-electron chi connectivity index (χ1n) is 5.64. The first-order chi connectivity index (χ1) is 7.19. The molecule has 0 atom stereocenters. The third-order valence-electron chi connectivity index (χ3n) is 3.64. The highest BCUT2D eigenvalue weighted by Crippen LogP contribution is 2.44. The summed E-state index contributed by atoms with van der Waals surface area (Å²) in [4.78, 5) is 6.72. The number of anilines is 1. The van der Waals surface area contributed by atoms with Gasteiger partial charge in [-0.05, 0) is 37.3 Å². The van der Waals surface area contributed by atoms with Gasteiger partial charge in [0.15, 0.2) is 0 Å². The predicted octanol–water partition coefficient (Wildman–Crippen LogP) is 1.32. The SMILES string of the molecule is Cc1cccnc1N1CC(N)(C2CC2)C1. The number of rotatable bonds is 2. The molecule has 0 radical (unpaired) electrons. The van der Waals surface area contributed by atoms with Crippen LogP contribution in [0, 0.1) is 12.8 Å². The van der Waals surface area contributed by atoms with Crippen LogP contribution in [0.15, 0.2) is 18.3 Å². The highest BCUT2D eigenvalue weighted by atomic mass is 15.3. The Balaban J connectivity index is 1.74. The molecule has 1 aliphatic heterocycles. The maximum absolute atomic E-state index is 6.32. The molecule has 1 aliphatic carbocycles. The summed E-state index contributed by atoms with van der Waals surface area (Å²) in [5.41, 5.74) is 7.65. The van der Waals surface area contributed by atoms with Gasteiger partial charge in [0, 0.05) is 19.3 Å². The van der Waals surface area contributed by atoms with Gasteiger partial charge in [0.1, 0.15) is 5.82 Å². The lowest BCUT2D eigenvalue weighted by molar-refractivity contribution is 0.289. The number of aryl methyl sites for hydroxylation is 1. The molecular formula is C12H17N3. The number of nitrogens with two attached hydrogens (primary N) is 1. The quantitative estimate of drug-likeness (QED) is 0.788. The van der Waals surface area contributed by atoms with Crippen LogP contribution in [0.4, 0.5) is 5.82 Å². The van der Waals surface area contributed by atoms with E-state index in [0.717, 1.165) is 24.8 Å². The van der Waals surface area contributed by atoms with Crippen LogP contribution in [-0.2, 0) is 0 Å². The van der Waals surface area contributed by atoms with Crippen molar-refractivity contribution in [2.24, 2.45) is 11.7 Å². The molecule has 2 N–H and O–H groups in total. The normalized spacial score (nSPS) is 23.7. The van der Waals surface area contributed by atoms with Crippen molar-refractivity contribution >= 4 is 5.82 Å². The van der Waals surface area contributed by atoms with Crippen molar-refractivity contribution in [2.75, 3.05) is 18.0 Å². The van der Waals surface area contributed by atoms with E-state index < -0.39 is 0 Å². The standard InChI is InChI=1S/C12H17N3/c1-9-3-2-6-14-11(9)15-7-12(13,8-15)10-4-5-10/h2-3,6,10H,4-5,7-8,13H2,1H3. The summed E-state index contributed by atoms with van der Waals surface area (Å²) in [5, 5.41) is 0. The minimum Gasteiger partial charge on any atom is -0.353 e. The fourth-order valence-electron chi connectivity index (χ4n) is 2.54. The van der Waals surface area contributed by atoms with Crippen LogP contribution in [0.3, 0.4) is 0 Å². The molecule has 2 heterocycles. The van der Waals surface area contributed by atoms with E-state index in [-0.39, 0.29) is 5.54 Å². The molecule has 2 aliphatic rings. The van der Waals surface area contributed by atoms with E-state index in [1.807, 2.05) is 12.3 Å². The van der Waals surface area contributed by atoms with Gasteiger partial charge in [0.05, 0.1) is 5.54 Å². The zero-order valence-corrected chi connectivity index (χ0v) is 9.11. The third-order valence-corrected chi connectivity index (χ3v) is 3.64. The van der Waals surface area contributed by atoms with E-state index >= 15 is 0 Å². The molecule has 0 amide bonds. The van der Waals surface area contributed by atoms with E-state index in [4.69, 9.17) is 5.73 Å². The van der Waals surface area contributed by atoms with Gasteiger partial charge in [-0.15, -0.1) is 0 Å². The molecule has 0 unspecified atom stereocenters. The molecule has 80 valence electrons. The first-order valence-corrected chi connectivity index (χ1v) is 5.64. The van der Waals surface area contributed by atoms with Crippen molar-refractivity contribution in [1.29, 1.82) is 0 Å². The van der Waals surface area contributed by atoms with Crippen LogP contribution in [-0.4, -0.2) is 23.6 Å². The Morgan fingerprint density at radius 1 is 1.47 bits per heavy atom. The number of hydrogen-bond donors (Lipinski definition) is 1. The Hall–Kier alpha value is -1.09. The van der Waals surface area contributed by atoms with Gasteiger partial charge >= 0.3 is 0 Å². The third kappa shape index (κ3) is 1.42. The molecule has 3 rings (SSSR count). The van der Waals surface area contributed by atoms with Crippen molar-refractivity contribution in [3.8, 4) is 0 Å². The largest absolute Gasteiger partial charge is 0.353 e. The minimum atomic E-state index is 0.0873. The lowest BCUT2D eigenvalue weighted by Crippen LogP contribution is -2.69. The molecule has 3 heteroatoms. The van der Waals surface area contributed by atoms with Gasteiger partial charge in [0.2, 0.25) is 0 Å². The number of hydrogen-bond acceptors (Lipinski definition) is 3. The van der Waals surface area contributed by atoms with Crippen LogP contribution >= 0.6 is 0 Å². The lowest BCUT2D eigenvalue weighted by Gasteiger charge is -2.49. The number of aromatic nitrogens is 1. The monoisotopic (exact) mass is 203 g/mol. The van der Waals surface area contributed by atoms with Crippen molar-refractivity contribution in [1.82, 2.24) is 4.98 Å². The molecule has 0 spiro atoms. The second-order valence-corrected chi connectivity index (χ2v) is 5.01. The van der Waals surface area contributed by atoms with Gasteiger partial charge < -0.3 is 10.6 Å². The van der Waals surface area contributed by atoms with Gasteiger partial charge in [0.25, 0.3) is 0 Å². The first kappa shape index (κ1) is 9.16. The highest BCUT2D eigenvalue weighted by molar-refractivity contribution is 5.50. The van der Waals surface area contributed by atoms with Crippen molar-refractivity contribution < 1.29 is 0 Å². The molecule has 1 aromatic rings. The van der Waals surface area contributed by atoms with E-state index in [1.165, 1.54) is 18.4 Å². The molecule has 1 aromatic heterocycles. The fraction of sp³-hybridized carbons (Fsp3) is 0.583. The maximum Gasteiger partial charge on any atom is 0.131 e. The Bertz CT molecular complexity index is 378. The molecule has 1 saturated heterocycles. The Kier molecular flexibility index (Phi) is 1.80. The van der Waals surface area contributed by atoms with E-state index in [1.54, 1.807) is 0 Å². The average Bonchev–Trinajstić information content (AvgIpc) is 2.97. The fourth-order valence-corrected chi connectivity index (χ4v) is 2.54. The lowest BCUT2D eigenvalue weighted by atomic mass is 9.85. The molecule has 15 heavy (non-hydrogen) atoms. The summed E-state index contributed by atoms with van der Waals surface area (Å²) >= 11 is 0. The second-order valence-electron chi connectivity index (χ2n) is 5.01. The summed E-state index contributed by atoms with van der Waals surface area (Å²) in [6.45, 7) is 4.07. The van der Waals surface area contributed by atoms with E-state index in [9.17, 15) is 0 Å². The van der Waals surface area contributed by atoms with Crippen LogP contribution < -0.4 is 10.6 Å². The minimum absolute atomic E-state index is 0.0873. The molecule has 2 fully saturated rings. The summed E-state index contributed by atoms with van der Waals surface area (Å²) in [5.74, 6) is 1.89. The molecule has 3 nitrogen and oxygen atoms in total. The summed E-state index contributed by atoms with van der Waals surface area (Å²) in [7, 11) is 0. The summed E-state index contributed by atoms with van der Waals surface area (Å²) < 4.78 is 0. The Morgan fingerprint density at radius 2 is 2.20 bits per heavy atom.